The molecule has 5 nitrogen and oxygen atoms in total. The van der Waals surface area contributed by atoms with Crippen molar-refractivity contribution in [2.75, 3.05) is 5.32 Å². The summed E-state index contributed by atoms with van der Waals surface area (Å²) in [5.74, 6) is 0.790. The number of aromatic nitrogens is 2. The van der Waals surface area contributed by atoms with Crippen molar-refractivity contribution in [3.63, 3.8) is 0 Å². The summed E-state index contributed by atoms with van der Waals surface area (Å²) in [6.07, 6.45) is 0. The van der Waals surface area contributed by atoms with Crippen LogP contribution in [0.25, 0.3) is 0 Å². The summed E-state index contributed by atoms with van der Waals surface area (Å²) in [7, 11) is 0. The Morgan fingerprint density at radius 3 is 2.65 bits per heavy atom. The van der Waals surface area contributed by atoms with Gasteiger partial charge in [0, 0.05) is 20.3 Å². The number of benzene rings is 2. The number of hydrogen-bond acceptors (Lipinski definition) is 5. The van der Waals surface area contributed by atoms with E-state index in [2.05, 4.69) is 38.1 Å². The first kappa shape index (κ1) is 16.4. The molecule has 0 fully saturated rings. The molecule has 8 heteroatoms. The molecule has 1 heterocycles. The molecule has 118 valence electrons. The average Bonchev–Trinajstić information content (AvgIpc) is 2.98. The van der Waals surface area contributed by atoms with Crippen LogP contribution in [0, 0.1) is 3.57 Å². The maximum absolute atomic E-state index is 6.02. The van der Waals surface area contributed by atoms with E-state index in [0.29, 0.717) is 27.7 Å². The zero-order valence-electron chi connectivity index (χ0n) is 11.6. The smallest absolute Gasteiger partial charge is 0.320 e. The molecule has 0 aliphatic heterocycles. The minimum atomic E-state index is 0.0986. The molecule has 0 unspecified atom stereocenters. The van der Waals surface area contributed by atoms with Gasteiger partial charge in [0.25, 0.3) is 5.89 Å². The van der Waals surface area contributed by atoms with Crippen molar-refractivity contribution in [3.8, 4) is 5.75 Å². The molecular formula is C15H10Cl2IN3O2. The summed E-state index contributed by atoms with van der Waals surface area (Å²) in [6, 6.07) is 13.1. The van der Waals surface area contributed by atoms with Gasteiger partial charge in [-0.05, 0) is 59.0 Å². The molecule has 0 amide bonds. The minimum Gasteiger partial charge on any atom is -0.482 e. The number of nitrogens with one attached hydrogen (secondary N) is 1. The van der Waals surface area contributed by atoms with E-state index in [1.54, 1.807) is 18.2 Å². The molecule has 0 radical (unpaired) electrons. The number of rotatable bonds is 5. The van der Waals surface area contributed by atoms with Gasteiger partial charge in [0.2, 0.25) is 0 Å². The van der Waals surface area contributed by atoms with Gasteiger partial charge in [-0.15, -0.1) is 5.10 Å². The summed E-state index contributed by atoms with van der Waals surface area (Å²) >= 11 is 14.2. The molecule has 0 aliphatic rings. The Balaban J connectivity index is 1.63. The van der Waals surface area contributed by atoms with E-state index < -0.39 is 0 Å². The standard InChI is InChI=1S/C15H10Cl2IN3O2/c16-9-1-6-12(17)13(7-9)22-8-14-20-21-15(23-14)19-11-4-2-10(18)3-5-11/h1-7H,8H2,(H,19,21). The van der Waals surface area contributed by atoms with E-state index in [1.807, 2.05) is 24.3 Å². The zero-order valence-corrected chi connectivity index (χ0v) is 15.3. The SMILES string of the molecule is Clc1ccc(Cl)c(OCc2nnc(Nc3ccc(I)cc3)o2)c1. The van der Waals surface area contributed by atoms with Gasteiger partial charge in [-0.3, -0.25) is 0 Å². The van der Waals surface area contributed by atoms with Crippen molar-refractivity contribution in [1.82, 2.24) is 10.2 Å². The van der Waals surface area contributed by atoms with Gasteiger partial charge in [-0.1, -0.05) is 28.3 Å². The van der Waals surface area contributed by atoms with Crippen LogP contribution in [-0.4, -0.2) is 10.2 Å². The quantitative estimate of drug-likeness (QED) is 0.522. The zero-order chi connectivity index (χ0) is 16.2. The fourth-order valence-electron chi connectivity index (χ4n) is 1.75. The topological polar surface area (TPSA) is 60.2 Å². The second kappa shape index (κ2) is 7.37. The second-order valence-electron chi connectivity index (χ2n) is 4.50. The van der Waals surface area contributed by atoms with Crippen molar-refractivity contribution < 1.29 is 9.15 Å². The summed E-state index contributed by atoms with van der Waals surface area (Å²) < 4.78 is 12.2. The van der Waals surface area contributed by atoms with Gasteiger partial charge >= 0.3 is 6.01 Å². The Morgan fingerprint density at radius 1 is 1.09 bits per heavy atom. The van der Waals surface area contributed by atoms with Crippen molar-refractivity contribution >= 4 is 57.5 Å². The van der Waals surface area contributed by atoms with E-state index >= 15 is 0 Å². The Hall–Kier alpha value is -1.51. The van der Waals surface area contributed by atoms with Crippen molar-refractivity contribution in [2.45, 2.75) is 6.61 Å². The predicted molar refractivity (Wildman–Crippen MR) is 97.5 cm³/mol. The van der Waals surface area contributed by atoms with Gasteiger partial charge in [0.05, 0.1) is 5.02 Å². The summed E-state index contributed by atoms with van der Waals surface area (Å²) in [4.78, 5) is 0. The predicted octanol–water partition coefficient (Wildman–Crippen LogP) is 5.30. The third-order valence-corrected chi connectivity index (χ3v) is 4.07. The van der Waals surface area contributed by atoms with Gasteiger partial charge in [-0.2, -0.15) is 0 Å². The summed E-state index contributed by atoms with van der Waals surface area (Å²) in [5, 5.41) is 11.9. The van der Waals surface area contributed by atoms with E-state index in [-0.39, 0.29) is 6.61 Å². The Kier molecular flexibility index (Phi) is 5.24. The third-order valence-electron chi connectivity index (χ3n) is 2.81. The monoisotopic (exact) mass is 461 g/mol. The molecule has 0 aliphatic carbocycles. The lowest BCUT2D eigenvalue weighted by Gasteiger charge is -2.05. The van der Waals surface area contributed by atoms with Crippen molar-refractivity contribution in [1.29, 1.82) is 0 Å². The molecule has 0 saturated carbocycles. The lowest BCUT2D eigenvalue weighted by atomic mass is 10.3. The highest BCUT2D eigenvalue weighted by Gasteiger charge is 2.09. The summed E-state index contributed by atoms with van der Waals surface area (Å²) in [5.41, 5.74) is 0.861. The number of hydrogen-bond donors (Lipinski definition) is 1. The molecular weight excluding hydrogens is 452 g/mol. The molecule has 1 aromatic heterocycles. The second-order valence-corrected chi connectivity index (χ2v) is 6.59. The van der Waals surface area contributed by atoms with E-state index in [1.165, 1.54) is 0 Å². The molecule has 0 saturated heterocycles. The minimum absolute atomic E-state index is 0.0986. The summed E-state index contributed by atoms with van der Waals surface area (Å²) in [6.45, 7) is 0.0986. The molecule has 23 heavy (non-hydrogen) atoms. The lowest BCUT2D eigenvalue weighted by Crippen LogP contribution is -1.96. The van der Waals surface area contributed by atoms with Crippen LogP contribution in [0.4, 0.5) is 11.7 Å². The maximum atomic E-state index is 6.02. The fraction of sp³-hybridized carbons (Fsp3) is 0.0667. The van der Waals surface area contributed by atoms with Gasteiger partial charge in [-0.25, -0.2) is 0 Å². The van der Waals surface area contributed by atoms with E-state index in [9.17, 15) is 0 Å². The van der Waals surface area contributed by atoms with Gasteiger partial charge in [0.1, 0.15) is 5.75 Å². The lowest BCUT2D eigenvalue weighted by molar-refractivity contribution is 0.265. The highest BCUT2D eigenvalue weighted by atomic mass is 127. The highest BCUT2D eigenvalue weighted by molar-refractivity contribution is 14.1. The van der Waals surface area contributed by atoms with Crippen LogP contribution in [0.2, 0.25) is 10.0 Å². The molecule has 0 atom stereocenters. The highest BCUT2D eigenvalue weighted by Crippen LogP contribution is 2.28. The van der Waals surface area contributed by atoms with Crippen LogP contribution in [0.1, 0.15) is 5.89 Å². The Labute approximate surface area is 156 Å². The first-order valence-corrected chi connectivity index (χ1v) is 8.36. The maximum Gasteiger partial charge on any atom is 0.320 e. The molecule has 0 spiro atoms. The number of anilines is 2. The van der Waals surface area contributed by atoms with Gasteiger partial charge < -0.3 is 14.5 Å². The van der Waals surface area contributed by atoms with Crippen LogP contribution >= 0.6 is 45.8 Å². The molecule has 0 bridgehead atoms. The first-order valence-electron chi connectivity index (χ1n) is 6.53. The number of nitrogens with zero attached hydrogens (tertiary/aromatic N) is 2. The largest absolute Gasteiger partial charge is 0.482 e. The normalized spacial score (nSPS) is 10.6. The number of halogens is 3. The molecule has 2 aromatic carbocycles. The molecule has 3 aromatic rings. The fourth-order valence-corrected chi connectivity index (χ4v) is 2.44. The molecule has 3 rings (SSSR count). The average molecular weight is 462 g/mol. The van der Waals surface area contributed by atoms with Crippen LogP contribution in [0.5, 0.6) is 5.75 Å². The third kappa shape index (κ3) is 4.49. The van der Waals surface area contributed by atoms with Crippen molar-refractivity contribution in [3.05, 3.63) is 62.0 Å². The van der Waals surface area contributed by atoms with Gasteiger partial charge in [0.15, 0.2) is 6.61 Å². The van der Waals surface area contributed by atoms with Crippen LogP contribution in [0.3, 0.4) is 0 Å². The van der Waals surface area contributed by atoms with E-state index in [4.69, 9.17) is 32.4 Å². The Bertz CT molecular complexity index is 809. The van der Waals surface area contributed by atoms with Crippen LogP contribution < -0.4 is 10.1 Å². The van der Waals surface area contributed by atoms with E-state index in [0.717, 1.165) is 9.26 Å². The number of ether oxygens (including phenoxy) is 1. The van der Waals surface area contributed by atoms with Crippen LogP contribution in [-0.2, 0) is 6.61 Å². The first-order chi connectivity index (χ1) is 11.1. The van der Waals surface area contributed by atoms with Crippen molar-refractivity contribution in [2.24, 2.45) is 0 Å². The van der Waals surface area contributed by atoms with Crippen LogP contribution in [0.15, 0.2) is 46.9 Å². The Morgan fingerprint density at radius 2 is 1.87 bits per heavy atom. The molecule has 1 N–H and O–H groups in total.